The van der Waals surface area contributed by atoms with Crippen LogP contribution in [0.5, 0.6) is 0 Å². The molecule has 7 heteroatoms. The zero-order chi connectivity index (χ0) is 19.2. The lowest BCUT2D eigenvalue weighted by Crippen LogP contribution is -2.30. The van der Waals surface area contributed by atoms with Crippen LogP contribution in [0.3, 0.4) is 0 Å². The van der Waals surface area contributed by atoms with Gasteiger partial charge in [0.25, 0.3) is 0 Å². The molecule has 7 nitrogen and oxygen atoms in total. The maximum atomic E-state index is 12.4. The molecule has 1 aliphatic rings. The zero-order valence-corrected chi connectivity index (χ0v) is 15.0. The van der Waals surface area contributed by atoms with Crippen molar-refractivity contribution in [3.63, 3.8) is 0 Å². The molecule has 3 rings (SSSR count). The number of nitrogens with one attached hydrogen (secondary N) is 1. The second-order valence-corrected chi connectivity index (χ2v) is 6.33. The van der Waals surface area contributed by atoms with Gasteiger partial charge >= 0.3 is 12.1 Å². The van der Waals surface area contributed by atoms with E-state index in [-0.39, 0.29) is 12.1 Å². The van der Waals surface area contributed by atoms with Gasteiger partial charge in [-0.15, -0.1) is 0 Å². The molecule has 0 bridgehead atoms. The molecule has 0 radical (unpaired) electrons. The molecule has 0 aromatic heterocycles. The van der Waals surface area contributed by atoms with Crippen LogP contribution in [0.15, 0.2) is 48.5 Å². The third kappa shape index (κ3) is 4.76. The molecule has 138 valence electrons. The maximum Gasteiger partial charge on any atom is 0.410 e. The summed E-state index contributed by atoms with van der Waals surface area (Å²) in [6.45, 7) is 1.91. The highest BCUT2D eigenvalue weighted by Crippen LogP contribution is 2.15. The molecule has 27 heavy (non-hydrogen) atoms. The van der Waals surface area contributed by atoms with E-state index in [9.17, 15) is 9.59 Å². The Kier molecular flexibility index (Phi) is 5.57. The summed E-state index contributed by atoms with van der Waals surface area (Å²) in [5, 5.41) is 11.8. The molecule has 2 aromatic rings. The highest BCUT2D eigenvalue weighted by Gasteiger charge is 2.21. The lowest BCUT2D eigenvalue weighted by molar-refractivity contribution is 0.157. The number of benzene rings is 2. The molecule has 0 unspecified atom stereocenters. The minimum absolute atomic E-state index is 0.242. The number of rotatable bonds is 5. The summed E-state index contributed by atoms with van der Waals surface area (Å²) >= 11 is 0. The molecular formula is C20H20N4O3. The molecular weight excluding hydrogens is 344 g/mol. The van der Waals surface area contributed by atoms with Crippen molar-refractivity contribution in [3.05, 3.63) is 65.2 Å². The van der Waals surface area contributed by atoms with E-state index in [0.717, 1.165) is 11.1 Å². The van der Waals surface area contributed by atoms with Crippen LogP contribution in [0.1, 0.15) is 16.7 Å². The van der Waals surface area contributed by atoms with Crippen LogP contribution in [0.2, 0.25) is 0 Å². The fraction of sp³-hybridized carbons (Fsp3) is 0.250. The normalized spacial score (nSPS) is 13.0. The molecule has 3 amide bonds. The quantitative estimate of drug-likeness (QED) is 0.883. The van der Waals surface area contributed by atoms with E-state index in [1.54, 1.807) is 47.2 Å². The van der Waals surface area contributed by atoms with Crippen molar-refractivity contribution >= 4 is 17.8 Å². The zero-order valence-electron chi connectivity index (χ0n) is 15.0. The van der Waals surface area contributed by atoms with Gasteiger partial charge in [0.05, 0.1) is 18.2 Å². The highest BCUT2D eigenvalue weighted by molar-refractivity contribution is 5.89. The monoisotopic (exact) mass is 364 g/mol. The number of hydrogen-bond acceptors (Lipinski definition) is 4. The van der Waals surface area contributed by atoms with Gasteiger partial charge in [-0.05, 0) is 35.4 Å². The summed E-state index contributed by atoms with van der Waals surface area (Å²) in [4.78, 5) is 27.0. The Hall–Kier alpha value is -3.53. The van der Waals surface area contributed by atoms with Crippen molar-refractivity contribution in [1.29, 1.82) is 5.26 Å². The van der Waals surface area contributed by atoms with E-state index in [0.29, 0.717) is 37.5 Å². The van der Waals surface area contributed by atoms with Crippen molar-refractivity contribution in [1.82, 2.24) is 9.80 Å². The van der Waals surface area contributed by atoms with Crippen LogP contribution in [0.4, 0.5) is 15.3 Å². The fourth-order valence-electron chi connectivity index (χ4n) is 2.79. The van der Waals surface area contributed by atoms with Gasteiger partial charge in [0.15, 0.2) is 0 Å². The number of amides is 3. The largest absolute Gasteiger partial charge is 0.448 e. The Morgan fingerprint density at radius 2 is 2.04 bits per heavy atom. The van der Waals surface area contributed by atoms with Gasteiger partial charge < -0.3 is 19.9 Å². The van der Waals surface area contributed by atoms with Gasteiger partial charge in [-0.3, -0.25) is 0 Å². The maximum absolute atomic E-state index is 12.4. The van der Waals surface area contributed by atoms with Gasteiger partial charge in [0.1, 0.15) is 6.61 Å². The van der Waals surface area contributed by atoms with Crippen molar-refractivity contribution < 1.29 is 14.3 Å². The lowest BCUT2D eigenvalue weighted by Gasteiger charge is -2.18. The van der Waals surface area contributed by atoms with Crippen LogP contribution in [0.25, 0.3) is 0 Å². The van der Waals surface area contributed by atoms with Crippen LogP contribution >= 0.6 is 0 Å². The predicted molar refractivity (Wildman–Crippen MR) is 99.8 cm³/mol. The first kappa shape index (κ1) is 18.3. The third-order valence-corrected chi connectivity index (χ3v) is 4.25. The van der Waals surface area contributed by atoms with Crippen LogP contribution in [-0.4, -0.2) is 42.1 Å². The van der Waals surface area contributed by atoms with Crippen LogP contribution in [0, 0.1) is 11.3 Å². The Bertz CT molecular complexity index is 874. The molecule has 0 aliphatic carbocycles. The van der Waals surface area contributed by atoms with E-state index in [1.807, 2.05) is 18.2 Å². The molecule has 1 fully saturated rings. The summed E-state index contributed by atoms with van der Waals surface area (Å²) in [6, 6.07) is 16.4. The second kappa shape index (κ2) is 8.23. The average molecular weight is 364 g/mol. The number of nitriles is 1. The molecule has 2 aromatic carbocycles. The molecule has 1 saturated heterocycles. The van der Waals surface area contributed by atoms with Gasteiger partial charge in [0.2, 0.25) is 0 Å². The second-order valence-electron chi connectivity index (χ2n) is 6.33. The highest BCUT2D eigenvalue weighted by atomic mass is 16.6. The topological polar surface area (TPSA) is 85.7 Å². The number of cyclic esters (lactones) is 1. The number of hydrogen-bond donors (Lipinski definition) is 1. The first-order valence-corrected chi connectivity index (χ1v) is 8.57. The lowest BCUT2D eigenvalue weighted by atomic mass is 10.1. The van der Waals surface area contributed by atoms with Crippen LogP contribution < -0.4 is 5.32 Å². The first-order valence-electron chi connectivity index (χ1n) is 8.57. The van der Waals surface area contributed by atoms with Crippen molar-refractivity contribution in [2.24, 2.45) is 0 Å². The van der Waals surface area contributed by atoms with Crippen LogP contribution in [-0.2, 0) is 17.8 Å². The third-order valence-electron chi connectivity index (χ3n) is 4.25. The number of ether oxygens (including phenoxy) is 1. The summed E-state index contributed by atoms with van der Waals surface area (Å²) in [5.74, 6) is 0. The van der Waals surface area contributed by atoms with Gasteiger partial charge in [0, 0.05) is 25.8 Å². The molecule has 0 spiro atoms. The van der Waals surface area contributed by atoms with E-state index in [1.165, 1.54) is 0 Å². The van der Waals surface area contributed by atoms with Crippen molar-refractivity contribution in [3.8, 4) is 6.07 Å². The number of urea groups is 1. The predicted octanol–water partition coefficient (Wildman–Crippen LogP) is 3.17. The fourth-order valence-corrected chi connectivity index (χ4v) is 2.79. The summed E-state index contributed by atoms with van der Waals surface area (Å²) in [6.07, 6.45) is -0.297. The number of carbonyl (C=O) groups excluding carboxylic acids is 2. The Labute approximate surface area is 157 Å². The smallest absolute Gasteiger partial charge is 0.410 e. The minimum atomic E-state index is -0.297. The number of nitrogens with zero attached hydrogens (tertiary/aromatic N) is 3. The Morgan fingerprint density at radius 1 is 1.26 bits per heavy atom. The van der Waals surface area contributed by atoms with E-state index < -0.39 is 0 Å². The van der Waals surface area contributed by atoms with E-state index in [4.69, 9.17) is 10.00 Å². The average Bonchev–Trinajstić information content (AvgIpc) is 3.08. The SMILES string of the molecule is CN(Cc1cccc(C#N)c1)C(=O)Nc1ccc(CN2CCOC2=O)cc1. The molecule has 0 atom stereocenters. The summed E-state index contributed by atoms with van der Waals surface area (Å²) < 4.78 is 4.91. The molecule has 1 heterocycles. The Balaban J connectivity index is 1.55. The summed E-state index contributed by atoms with van der Waals surface area (Å²) in [7, 11) is 1.70. The van der Waals surface area contributed by atoms with Gasteiger partial charge in [-0.25, -0.2) is 9.59 Å². The van der Waals surface area contributed by atoms with Crippen molar-refractivity contribution in [2.45, 2.75) is 13.1 Å². The van der Waals surface area contributed by atoms with E-state index in [2.05, 4.69) is 11.4 Å². The first-order chi connectivity index (χ1) is 13.0. The van der Waals surface area contributed by atoms with E-state index >= 15 is 0 Å². The summed E-state index contributed by atoms with van der Waals surface area (Å²) in [5.41, 5.74) is 3.09. The van der Waals surface area contributed by atoms with Gasteiger partial charge in [-0.2, -0.15) is 5.26 Å². The number of carbonyl (C=O) groups is 2. The Morgan fingerprint density at radius 3 is 2.70 bits per heavy atom. The number of anilines is 1. The minimum Gasteiger partial charge on any atom is -0.448 e. The molecule has 1 N–H and O–H groups in total. The van der Waals surface area contributed by atoms with Gasteiger partial charge in [-0.1, -0.05) is 24.3 Å². The molecule has 1 aliphatic heterocycles. The van der Waals surface area contributed by atoms with Crippen molar-refractivity contribution in [2.75, 3.05) is 25.5 Å². The standard InChI is InChI=1S/C20H20N4O3/c1-23(13-17-4-2-3-16(11-17)12-21)19(25)22-18-7-5-15(6-8-18)14-24-9-10-27-20(24)26/h2-8,11H,9-10,13-14H2,1H3,(H,22,25). The molecule has 0 saturated carbocycles.